The molecule has 2 amide bonds. The summed E-state index contributed by atoms with van der Waals surface area (Å²) in [5.41, 5.74) is 3.74. The normalized spacial score (nSPS) is 15.1. The van der Waals surface area contributed by atoms with Gasteiger partial charge in [0.1, 0.15) is 5.75 Å². The number of hydrogen-bond donors (Lipinski definition) is 1. The molecule has 0 spiro atoms. The molecule has 37 heavy (non-hydrogen) atoms. The molecule has 1 saturated heterocycles. The van der Waals surface area contributed by atoms with Crippen LogP contribution in [0.1, 0.15) is 59.5 Å². The van der Waals surface area contributed by atoms with Crippen LogP contribution in [-0.2, 0) is 6.42 Å². The third-order valence-corrected chi connectivity index (χ3v) is 7.77. The number of Topliss-reactive ketones (excluding diaryl/α,β-unsaturated/α-hetero) is 1. The zero-order chi connectivity index (χ0) is 26.9. The van der Waals surface area contributed by atoms with E-state index < -0.39 is 0 Å². The van der Waals surface area contributed by atoms with E-state index in [9.17, 15) is 14.4 Å². The number of H-pyrrole nitrogens is 1. The number of benzene rings is 1. The Balaban J connectivity index is 1.59. The van der Waals surface area contributed by atoms with E-state index in [2.05, 4.69) is 22.5 Å². The first kappa shape index (κ1) is 26.5. The van der Waals surface area contributed by atoms with Crippen molar-refractivity contribution in [3.63, 3.8) is 0 Å². The van der Waals surface area contributed by atoms with Crippen LogP contribution in [0.5, 0.6) is 5.75 Å². The Morgan fingerprint density at radius 3 is 2.49 bits per heavy atom. The molecule has 1 aliphatic rings. The molecule has 0 unspecified atom stereocenters. The molecule has 1 atom stereocenters. The Labute approximate surface area is 218 Å². The summed E-state index contributed by atoms with van der Waals surface area (Å²) in [6.45, 7) is 7.53. The van der Waals surface area contributed by atoms with Crippen LogP contribution < -0.4 is 10.3 Å². The number of nitrogens with zero attached hydrogens (tertiary/aromatic N) is 3. The lowest BCUT2D eigenvalue weighted by Gasteiger charge is -2.37. The first-order valence-corrected chi connectivity index (χ1v) is 13.0. The minimum absolute atomic E-state index is 0.0214. The smallest absolute Gasteiger partial charge is 0.319 e. The first-order valence-electron chi connectivity index (χ1n) is 13.0. The summed E-state index contributed by atoms with van der Waals surface area (Å²) in [6.07, 6.45) is 2.37. The predicted molar refractivity (Wildman–Crippen MR) is 146 cm³/mol. The van der Waals surface area contributed by atoms with E-state index in [0.717, 1.165) is 53.8 Å². The third kappa shape index (κ3) is 5.15. The number of amides is 2. The second-order valence-electron chi connectivity index (χ2n) is 10.3. The van der Waals surface area contributed by atoms with Gasteiger partial charge in [0.05, 0.1) is 12.7 Å². The number of ether oxygens (including phenoxy) is 1. The van der Waals surface area contributed by atoms with E-state index in [4.69, 9.17) is 4.74 Å². The number of para-hydroxylation sites is 1. The molecule has 3 heterocycles. The van der Waals surface area contributed by atoms with Gasteiger partial charge < -0.3 is 24.1 Å². The molecule has 8 heteroatoms. The lowest BCUT2D eigenvalue weighted by atomic mass is 9.90. The van der Waals surface area contributed by atoms with Crippen LogP contribution in [-0.4, -0.2) is 65.5 Å². The number of aromatic nitrogens is 2. The molecule has 3 aromatic rings. The van der Waals surface area contributed by atoms with Gasteiger partial charge in [-0.1, -0.05) is 18.2 Å². The van der Waals surface area contributed by atoms with Crippen molar-refractivity contribution in [3.8, 4) is 5.75 Å². The van der Waals surface area contributed by atoms with Gasteiger partial charge in [0.15, 0.2) is 5.78 Å². The molecular formula is C29H38N4O4. The molecular weight excluding hydrogens is 468 g/mol. The molecule has 2 aromatic heterocycles. The number of urea groups is 1. The van der Waals surface area contributed by atoms with Gasteiger partial charge in [-0.05, 0) is 58.1 Å². The van der Waals surface area contributed by atoms with Gasteiger partial charge in [-0.2, -0.15) is 0 Å². The number of rotatable bonds is 7. The van der Waals surface area contributed by atoms with E-state index >= 15 is 0 Å². The maximum Gasteiger partial charge on any atom is 0.319 e. The fourth-order valence-corrected chi connectivity index (χ4v) is 5.80. The summed E-state index contributed by atoms with van der Waals surface area (Å²) in [5, 5.41) is 0.946. The second-order valence-corrected chi connectivity index (χ2v) is 10.3. The Morgan fingerprint density at radius 2 is 1.84 bits per heavy atom. The average Bonchev–Trinajstić information content (AvgIpc) is 3.18. The summed E-state index contributed by atoms with van der Waals surface area (Å²) in [7, 11) is 5.12. The second kappa shape index (κ2) is 10.8. The van der Waals surface area contributed by atoms with Crippen molar-refractivity contribution in [2.45, 2.75) is 52.5 Å². The van der Waals surface area contributed by atoms with Crippen LogP contribution in [0.4, 0.5) is 4.79 Å². The molecule has 0 bridgehead atoms. The number of pyridine rings is 1. The molecule has 4 rings (SSSR count). The number of carbonyl (C=O) groups is 2. The number of likely N-dealkylation sites (tertiary alicyclic amines) is 1. The lowest BCUT2D eigenvalue weighted by Crippen LogP contribution is -2.44. The Hall–Kier alpha value is -3.55. The minimum Gasteiger partial charge on any atom is -0.496 e. The highest BCUT2D eigenvalue weighted by Crippen LogP contribution is 2.36. The van der Waals surface area contributed by atoms with Gasteiger partial charge >= 0.3 is 6.03 Å². The highest BCUT2D eigenvalue weighted by Gasteiger charge is 2.30. The lowest BCUT2D eigenvalue weighted by molar-refractivity contribution is 0.0982. The zero-order valence-electron chi connectivity index (χ0n) is 22.8. The van der Waals surface area contributed by atoms with Crippen molar-refractivity contribution in [2.75, 3.05) is 34.3 Å². The van der Waals surface area contributed by atoms with Crippen molar-refractivity contribution in [2.24, 2.45) is 5.92 Å². The first-order chi connectivity index (χ1) is 17.6. The monoisotopic (exact) mass is 506 g/mol. The SMILES string of the molecule is COc1cc(C)[nH]c(=O)c1CCC(=O)c1c(C)n([C@H](C)C2CCN(C(=O)N(C)C)CC2)c2ccccc12. The van der Waals surface area contributed by atoms with Crippen LogP contribution in [0.3, 0.4) is 0 Å². The number of methoxy groups -OCH3 is 1. The number of ketones is 1. The summed E-state index contributed by atoms with van der Waals surface area (Å²) >= 11 is 0. The molecule has 1 N–H and O–H groups in total. The van der Waals surface area contributed by atoms with Crippen LogP contribution >= 0.6 is 0 Å². The van der Waals surface area contributed by atoms with Crippen molar-refractivity contribution in [3.05, 3.63) is 63.2 Å². The van der Waals surface area contributed by atoms with Crippen LogP contribution in [0.25, 0.3) is 10.9 Å². The summed E-state index contributed by atoms with van der Waals surface area (Å²) in [4.78, 5) is 44.9. The van der Waals surface area contributed by atoms with Crippen LogP contribution in [0.15, 0.2) is 35.1 Å². The van der Waals surface area contributed by atoms with E-state index in [0.29, 0.717) is 23.7 Å². The summed E-state index contributed by atoms with van der Waals surface area (Å²) in [6, 6.07) is 10.1. The predicted octanol–water partition coefficient (Wildman–Crippen LogP) is 4.73. The van der Waals surface area contributed by atoms with E-state index in [1.54, 1.807) is 32.2 Å². The molecule has 198 valence electrons. The van der Waals surface area contributed by atoms with Gasteiger partial charge in [-0.3, -0.25) is 9.59 Å². The van der Waals surface area contributed by atoms with Crippen LogP contribution in [0, 0.1) is 19.8 Å². The molecule has 1 aromatic carbocycles. The molecule has 8 nitrogen and oxygen atoms in total. The van der Waals surface area contributed by atoms with E-state index in [-0.39, 0.29) is 29.8 Å². The maximum absolute atomic E-state index is 13.6. The van der Waals surface area contributed by atoms with E-state index in [1.165, 1.54) is 0 Å². The summed E-state index contributed by atoms with van der Waals surface area (Å²) in [5.74, 6) is 0.938. The number of piperidine rings is 1. The minimum atomic E-state index is -0.212. The number of aryl methyl sites for hydroxylation is 1. The van der Waals surface area contributed by atoms with Crippen molar-refractivity contribution < 1.29 is 14.3 Å². The highest BCUT2D eigenvalue weighted by molar-refractivity contribution is 6.09. The molecule has 0 radical (unpaired) electrons. The van der Waals surface area contributed by atoms with Gasteiger partial charge in [0, 0.05) is 67.5 Å². The number of fused-ring (bicyclic) bond motifs is 1. The molecule has 0 saturated carbocycles. The molecule has 1 fully saturated rings. The van der Waals surface area contributed by atoms with Gasteiger partial charge in [0.2, 0.25) is 0 Å². The topological polar surface area (TPSA) is 87.6 Å². The van der Waals surface area contributed by atoms with Gasteiger partial charge in [-0.25, -0.2) is 4.79 Å². The van der Waals surface area contributed by atoms with Crippen molar-refractivity contribution in [1.82, 2.24) is 19.4 Å². The number of aromatic amines is 1. The molecule has 1 aliphatic heterocycles. The Bertz CT molecular complexity index is 1360. The standard InChI is InChI=1S/C29H38N4O4/c1-18-17-26(37-6)23(28(35)30-18)11-12-25(34)27-20(3)33(24-10-8-7-9-22(24)27)19(2)21-13-15-32(16-14-21)29(36)31(4)5/h7-10,17,19,21H,11-16H2,1-6H3,(H,30,35)/t19-/m1/s1. The Morgan fingerprint density at radius 1 is 1.16 bits per heavy atom. The maximum atomic E-state index is 13.6. The average molecular weight is 507 g/mol. The van der Waals surface area contributed by atoms with Gasteiger partial charge in [-0.15, -0.1) is 0 Å². The highest BCUT2D eigenvalue weighted by atomic mass is 16.5. The van der Waals surface area contributed by atoms with Crippen LogP contribution in [0.2, 0.25) is 0 Å². The number of carbonyl (C=O) groups excluding carboxylic acids is 2. The fourth-order valence-electron chi connectivity index (χ4n) is 5.80. The van der Waals surface area contributed by atoms with Crippen molar-refractivity contribution in [1.29, 1.82) is 0 Å². The van der Waals surface area contributed by atoms with Crippen molar-refractivity contribution >= 4 is 22.7 Å². The summed E-state index contributed by atoms with van der Waals surface area (Å²) < 4.78 is 7.72. The third-order valence-electron chi connectivity index (χ3n) is 7.77. The van der Waals surface area contributed by atoms with E-state index in [1.807, 2.05) is 36.9 Å². The van der Waals surface area contributed by atoms with Gasteiger partial charge in [0.25, 0.3) is 5.56 Å². The molecule has 0 aliphatic carbocycles. The quantitative estimate of drug-likeness (QED) is 0.470. The number of hydrogen-bond acceptors (Lipinski definition) is 4. The fraction of sp³-hybridized carbons (Fsp3) is 0.483. The zero-order valence-corrected chi connectivity index (χ0v) is 22.8. The largest absolute Gasteiger partial charge is 0.496 e. The Kier molecular flexibility index (Phi) is 7.76. The number of nitrogens with one attached hydrogen (secondary N) is 1.